The van der Waals surface area contributed by atoms with Crippen LogP contribution in [0.2, 0.25) is 10.0 Å². The van der Waals surface area contributed by atoms with Gasteiger partial charge in [-0.1, -0.05) is 23.2 Å². The minimum Gasteiger partial charge on any atom is -0.490 e. The van der Waals surface area contributed by atoms with Crippen LogP contribution in [-0.4, -0.2) is 12.7 Å². The highest BCUT2D eigenvalue weighted by Gasteiger charge is 2.20. The Morgan fingerprint density at radius 1 is 1.15 bits per heavy atom. The van der Waals surface area contributed by atoms with Crippen LogP contribution in [0.15, 0.2) is 57.8 Å². The van der Waals surface area contributed by atoms with Gasteiger partial charge in [0, 0.05) is 28.1 Å². The van der Waals surface area contributed by atoms with Crippen LogP contribution in [0.3, 0.4) is 0 Å². The van der Waals surface area contributed by atoms with Crippen molar-refractivity contribution < 1.29 is 14.0 Å². The van der Waals surface area contributed by atoms with Crippen LogP contribution in [0.25, 0.3) is 16.7 Å². The van der Waals surface area contributed by atoms with Crippen molar-refractivity contribution in [2.45, 2.75) is 13.0 Å². The summed E-state index contributed by atoms with van der Waals surface area (Å²) in [6.45, 7) is 2.15. The van der Waals surface area contributed by atoms with Crippen LogP contribution in [0.4, 0.5) is 0 Å². The summed E-state index contributed by atoms with van der Waals surface area (Å²) >= 11 is 12.2. The van der Waals surface area contributed by atoms with Gasteiger partial charge in [-0.2, -0.15) is 0 Å². The van der Waals surface area contributed by atoms with Crippen molar-refractivity contribution in [1.82, 2.24) is 5.48 Å². The first kappa shape index (κ1) is 17.9. The van der Waals surface area contributed by atoms with Crippen molar-refractivity contribution >= 4 is 39.9 Å². The van der Waals surface area contributed by atoms with Gasteiger partial charge < -0.3 is 9.15 Å². The largest absolute Gasteiger partial charge is 0.490 e. The molecule has 0 saturated heterocycles. The van der Waals surface area contributed by atoms with Crippen molar-refractivity contribution in [2.75, 3.05) is 6.61 Å². The van der Waals surface area contributed by atoms with Gasteiger partial charge in [0.25, 0.3) is 0 Å². The van der Waals surface area contributed by atoms with Crippen LogP contribution >= 0.6 is 23.2 Å². The fourth-order valence-corrected chi connectivity index (χ4v) is 3.41. The lowest BCUT2D eigenvalue weighted by molar-refractivity contribution is 0.0236. The first-order chi connectivity index (χ1) is 13.0. The molecule has 1 N–H and O–H groups in total. The van der Waals surface area contributed by atoms with Gasteiger partial charge in [0.05, 0.1) is 10.7 Å². The predicted molar refractivity (Wildman–Crippen MR) is 105 cm³/mol. The lowest BCUT2D eigenvalue weighted by Gasteiger charge is -2.10. The van der Waals surface area contributed by atoms with Crippen LogP contribution in [0, 0.1) is 6.92 Å². The summed E-state index contributed by atoms with van der Waals surface area (Å²) < 4.78 is 11.0. The van der Waals surface area contributed by atoms with E-state index >= 15 is 0 Å². The van der Waals surface area contributed by atoms with Crippen LogP contribution < -0.4 is 15.8 Å². The van der Waals surface area contributed by atoms with Gasteiger partial charge in [0.15, 0.2) is 0 Å². The molecule has 3 aromatic rings. The molecule has 1 aromatic heterocycles. The van der Waals surface area contributed by atoms with Gasteiger partial charge in [0.2, 0.25) is 0 Å². The second-order valence-electron chi connectivity index (χ2n) is 6.18. The Morgan fingerprint density at radius 3 is 2.81 bits per heavy atom. The van der Waals surface area contributed by atoms with E-state index < -0.39 is 0 Å². The Labute approximate surface area is 165 Å². The molecule has 0 saturated carbocycles. The number of rotatable bonds is 4. The molecule has 0 unspecified atom stereocenters. The Bertz CT molecular complexity index is 1110. The molecule has 0 fully saturated rings. The molecule has 0 amide bonds. The van der Waals surface area contributed by atoms with Gasteiger partial charge in [0.1, 0.15) is 24.0 Å². The summed E-state index contributed by atoms with van der Waals surface area (Å²) in [6.07, 6.45) is 1.59. The smallest absolute Gasteiger partial charge is 0.336 e. The van der Waals surface area contributed by atoms with E-state index in [2.05, 4.69) is 5.48 Å². The van der Waals surface area contributed by atoms with E-state index in [9.17, 15) is 4.79 Å². The highest BCUT2D eigenvalue weighted by molar-refractivity contribution is 6.35. The highest BCUT2D eigenvalue weighted by atomic mass is 35.5. The lowest BCUT2D eigenvalue weighted by atomic mass is 10.1. The number of aryl methyl sites for hydroxylation is 1. The molecule has 4 rings (SSSR count). The molecule has 0 aliphatic carbocycles. The van der Waals surface area contributed by atoms with E-state index in [4.69, 9.17) is 37.2 Å². The number of hydrogen-bond acceptors (Lipinski definition) is 5. The van der Waals surface area contributed by atoms with Gasteiger partial charge >= 0.3 is 5.63 Å². The molecule has 2 aromatic carbocycles. The van der Waals surface area contributed by atoms with E-state index in [0.29, 0.717) is 21.4 Å². The van der Waals surface area contributed by atoms with Crippen molar-refractivity contribution in [2.24, 2.45) is 0 Å². The fraction of sp³-hybridized carbons (Fsp3) is 0.150. The fourth-order valence-electron chi connectivity index (χ4n) is 2.90. The number of benzene rings is 2. The normalized spacial score (nSPS) is 16.3. The molecule has 7 heteroatoms. The number of halogens is 2. The van der Waals surface area contributed by atoms with Gasteiger partial charge in [-0.25, -0.2) is 4.79 Å². The molecular formula is C20H15Cl2NO4. The summed E-state index contributed by atoms with van der Waals surface area (Å²) in [5, 5.41) is 1.98. The van der Waals surface area contributed by atoms with E-state index in [-0.39, 0.29) is 18.3 Å². The minimum absolute atomic E-state index is 0.281. The quantitative estimate of drug-likeness (QED) is 0.637. The SMILES string of the molecule is Cc1cc(=O)oc2cc(OC[C@@H]3C=C(c4ccc(Cl)cc4Cl)NO3)ccc12. The van der Waals surface area contributed by atoms with E-state index in [1.165, 1.54) is 6.07 Å². The van der Waals surface area contributed by atoms with Crippen LogP contribution in [0.1, 0.15) is 11.1 Å². The van der Waals surface area contributed by atoms with Crippen molar-refractivity contribution in [3.05, 3.63) is 80.1 Å². The molecule has 0 bridgehead atoms. The molecule has 2 heterocycles. The zero-order chi connectivity index (χ0) is 19.0. The molecule has 27 heavy (non-hydrogen) atoms. The Balaban J connectivity index is 1.48. The highest BCUT2D eigenvalue weighted by Crippen LogP contribution is 2.29. The van der Waals surface area contributed by atoms with Gasteiger partial charge in [-0.15, -0.1) is 0 Å². The maximum absolute atomic E-state index is 11.5. The van der Waals surface area contributed by atoms with E-state index in [0.717, 1.165) is 22.2 Å². The monoisotopic (exact) mass is 403 g/mol. The maximum Gasteiger partial charge on any atom is 0.336 e. The maximum atomic E-state index is 11.5. The summed E-state index contributed by atoms with van der Waals surface area (Å²) in [6, 6.07) is 12.1. The summed E-state index contributed by atoms with van der Waals surface area (Å²) in [5.41, 5.74) is 5.39. The molecular weight excluding hydrogens is 389 g/mol. The number of hydrogen-bond donors (Lipinski definition) is 1. The van der Waals surface area contributed by atoms with Crippen LogP contribution in [0.5, 0.6) is 5.75 Å². The third-order valence-corrected chi connectivity index (χ3v) is 4.78. The van der Waals surface area contributed by atoms with Gasteiger partial charge in [-0.05, 0) is 48.9 Å². The summed E-state index contributed by atoms with van der Waals surface area (Å²) in [5.74, 6) is 0.589. The van der Waals surface area contributed by atoms with E-state index in [1.807, 2.05) is 31.2 Å². The van der Waals surface area contributed by atoms with Crippen molar-refractivity contribution in [3.63, 3.8) is 0 Å². The second-order valence-corrected chi connectivity index (χ2v) is 7.02. The zero-order valence-electron chi connectivity index (χ0n) is 14.3. The van der Waals surface area contributed by atoms with Crippen LogP contribution in [-0.2, 0) is 4.84 Å². The molecule has 0 spiro atoms. The molecule has 1 aliphatic heterocycles. The van der Waals surface area contributed by atoms with Crippen molar-refractivity contribution in [3.8, 4) is 5.75 Å². The number of ether oxygens (including phenoxy) is 1. The molecule has 0 radical (unpaired) electrons. The minimum atomic E-state index is -0.382. The standard InChI is InChI=1S/C20H15Cl2NO4/c1-11-6-20(24)26-19-9-13(3-5-15(11)19)25-10-14-8-18(23-27-14)16-4-2-12(21)7-17(16)22/h2-9,14,23H,10H2,1H3/t14-/m0/s1. The Morgan fingerprint density at radius 2 is 2.00 bits per heavy atom. The average Bonchev–Trinajstić information content (AvgIpc) is 3.08. The third-order valence-electron chi connectivity index (χ3n) is 4.23. The van der Waals surface area contributed by atoms with Crippen molar-refractivity contribution in [1.29, 1.82) is 0 Å². The predicted octanol–water partition coefficient (Wildman–Crippen LogP) is 4.73. The topological polar surface area (TPSA) is 60.7 Å². The average molecular weight is 404 g/mol. The lowest BCUT2D eigenvalue weighted by Crippen LogP contribution is -2.19. The first-order valence-electron chi connectivity index (χ1n) is 8.26. The third kappa shape index (κ3) is 3.81. The molecule has 138 valence electrons. The number of hydroxylamine groups is 1. The number of nitrogens with one attached hydrogen (secondary N) is 1. The summed E-state index contributed by atoms with van der Waals surface area (Å²) in [7, 11) is 0. The Kier molecular flexibility index (Phi) is 4.83. The van der Waals surface area contributed by atoms with Gasteiger partial charge in [-0.3, -0.25) is 10.3 Å². The molecule has 1 atom stereocenters. The van der Waals surface area contributed by atoms with E-state index in [1.54, 1.807) is 18.2 Å². The first-order valence-corrected chi connectivity index (χ1v) is 9.01. The summed E-state index contributed by atoms with van der Waals surface area (Å²) in [4.78, 5) is 17.1. The zero-order valence-corrected chi connectivity index (χ0v) is 15.8. The molecule has 1 aliphatic rings. The molecule has 5 nitrogen and oxygen atoms in total. The Hall–Kier alpha value is -2.47. The second kappa shape index (κ2) is 7.27. The number of fused-ring (bicyclic) bond motifs is 1.